The summed E-state index contributed by atoms with van der Waals surface area (Å²) >= 11 is 0. The number of fused-ring (bicyclic) bond motifs is 1. The number of phenolic OH excluding ortho intramolecular Hbond substituents is 1. The lowest BCUT2D eigenvalue weighted by atomic mass is 10.0. The van der Waals surface area contributed by atoms with Crippen molar-refractivity contribution in [3.63, 3.8) is 0 Å². The van der Waals surface area contributed by atoms with Crippen LogP contribution in [0.15, 0.2) is 42.0 Å². The van der Waals surface area contributed by atoms with Crippen LogP contribution in [-0.2, 0) is 9.53 Å². The normalized spacial score (nSPS) is 11.1. The molecule has 0 aliphatic rings. The topological polar surface area (TPSA) is 70.3 Å². The van der Waals surface area contributed by atoms with Crippen LogP contribution in [0, 0.1) is 11.3 Å². The number of carbonyl (C=O) groups excluding carboxylic acids is 1. The van der Waals surface area contributed by atoms with Gasteiger partial charge >= 0.3 is 5.97 Å². The molecule has 0 radical (unpaired) electrons. The van der Waals surface area contributed by atoms with Crippen LogP contribution in [0.4, 0.5) is 0 Å². The van der Waals surface area contributed by atoms with Crippen LogP contribution in [0.2, 0.25) is 0 Å². The van der Waals surface area contributed by atoms with Crippen molar-refractivity contribution in [2.45, 2.75) is 13.3 Å². The Balaban J connectivity index is 2.50. The highest BCUT2D eigenvalue weighted by Crippen LogP contribution is 2.29. The fourth-order valence-electron chi connectivity index (χ4n) is 1.99. The Bertz CT molecular complexity index is 741. The summed E-state index contributed by atoms with van der Waals surface area (Å²) in [5, 5.41) is 20.8. The third kappa shape index (κ3) is 3.21. The molecule has 0 saturated carbocycles. The van der Waals surface area contributed by atoms with Gasteiger partial charge in [0.05, 0.1) is 6.61 Å². The van der Waals surface area contributed by atoms with Gasteiger partial charge in [-0.3, -0.25) is 0 Å². The molecule has 0 amide bonds. The third-order valence-corrected chi connectivity index (χ3v) is 3.01. The molecule has 0 aliphatic carbocycles. The molecule has 106 valence electrons. The molecule has 2 rings (SSSR count). The highest BCUT2D eigenvalue weighted by Gasteiger charge is 2.13. The Kier molecular flexibility index (Phi) is 4.57. The Morgan fingerprint density at radius 1 is 1.33 bits per heavy atom. The Labute approximate surface area is 122 Å². The maximum absolute atomic E-state index is 11.8. The van der Waals surface area contributed by atoms with Gasteiger partial charge in [-0.1, -0.05) is 37.3 Å². The Morgan fingerprint density at radius 2 is 2.10 bits per heavy atom. The van der Waals surface area contributed by atoms with E-state index in [9.17, 15) is 9.90 Å². The summed E-state index contributed by atoms with van der Waals surface area (Å²) in [6, 6.07) is 12.6. The Hall–Kier alpha value is -2.80. The van der Waals surface area contributed by atoms with Crippen molar-refractivity contribution in [3.8, 4) is 11.8 Å². The van der Waals surface area contributed by atoms with Gasteiger partial charge in [-0.2, -0.15) is 5.26 Å². The average Bonchev–Trinajstić information content (AvgIpc) is 2.51. The minimum Gasteiger partial charge on any atom is -0.507 e. The number of hydrogen-bond donors (Lipinski definition) is 1. The molecule has 4 nitrogen and oxygen atoms in total. The molecule has 2 aromatic rings. The fraction of sp³-hybridized carbons (Fsp3) is 0.176. The van der Waals surface area contributed by atoms with Gasteiger partial charge in [-0.05, 0) is 29.3 Å². The third-order valence-electron chi connectivity index (χ3n) is 3.01. The van der Waals surface area contributed by atoms with Gasteiger partial charge in [0.15, 0.2) is 0 Å². The zero-order chi connectivity index (χ0) is 15.2. The van der Waals surface area contributed by atoms with Crippen LogP contribution in [0.1, 0.15) is 18.9 Å². The van der Waals surface area contributed by atoms with Crippen LogP contribution >= 0.6 is 0 Å². The van der Waals surface area contributed by atoms with E-state index in [1.807, 2.05) is 37.3 Å². The van der Waals surface area contributed by atoms with E-state index in [0.717, 1.165) is 10.8 Å². The van der Waals surface area contributed by atoms with E-state index in [0.29, 0.717) is 12.0 Å². The van der Waals surface area contributed by atoms with Gasteiger partial charge in [-0.25, -0.2) is 4.79 Å². The van der Waals surface area contributed by atoms with E-state index in [1.165, 1.54) is 6.08 Å². The lowest BCUT2D eigenvalue weighted by Gasteiger charge is -2.06. The molecule has 0 saturated heterocycles. The van der Waals surface area contributed by atoms with Crippen LogP contribution in [-0.4, -0.2) is 17.7 Å². The number of carbonyl (C=O) groups is 1. The first kappa shape index (κ1) is 14.6. The molecule has 0 fully saturated rings. The molecular weight excluding hydrogens is 266 g/mol. The monoisotopic (exact) mass is 281 g/mol. The molecule has 21 heavy (non-hydrogen) atoms. The zero-order valence-electron chi connectivity index (χ0n) is 11.7. The van der Waals surface area contributed by atoms with Gasteiger partial charge in [0.1, 0.15) is 17.4 Å². The highest BCUT2D eigenvalue weighted by atomic mass is 16.5. The number of rotatable bonds is 4. The fourth-order valence-corrected chi connectivity index (χ4v) is 1.99. The summed E-state index contributed by atoms with van der Waals surface area (Å²) in [7, 11) is 0. The first-order chi connectivity index (χ1) is 10.2. The second-order valence-corrected chi connectivity index (χ2v) is 4.53. The predicted molar refractivity (Wildman–Crippen MR) is 80.5 cm³/mol. The standard InChI is InChI=1S/C17H15NO3/c1-2-9-21-17(20)13(11-18)10-15-14-6-4-3-5-12(14)7-8-16(15)19/h3-8,10,19H,2,9H2,1H3/b13-10+. The molecule has 0 aromatic heterocycles. The number of aromatic hydroxyl groups is 1. The summed E-state index contributed by atoms with van der Waals surface area (Å²) in [5.41, 5.74) is 0.313. The summed E-state index contributed by atoms with van der Waals surface area (Å²) in [5.74, 6) is -0.656. The molecule has 4 heteroatoms. The molecule has 0 aliphatic heterocycles. The van der Waals surface area contributed by atoms with E-state index in [1.54, 1.807) is 12.1 Å². The molecule has 0 spiro atoms. The maximum atomic E-state index is 11.8. The predicted octanol–water partition coefficient (Wildman–Crippen LogP) is 3.41. The molecule has 0 atom stereocenters. The van der Waals surface area contributed by atoms with E-state index >= 15 is 0 Å². The van der Waals surface area contributed by atoms with Crippen molar-refractivity contribution in [1.29, 1.82) is 5.26 Å². The van der Waals surface area contributed by atoms with E-state index in [4.69, 9.17) is 10.00 Å². The molecular formula is C17H15NO3. The van der Waals surface area contributed by atoms with Crippen LogP contribution < -0.4 is 0 Å². The van der Waals surface area contributed by atoms with E-state index in [2.05, 4.69) is 0 Å². The maximum Gasteiger partial charge on any atom is 0.348 e. The lowest BCUT2D eigenvalue weighted by molar-refractivity contribution is -0.138. The molecule has 0 bridgehead atoms. The second kappa shape index (κ2) is 6.58. The molecule has 2 aromatic carbocycles. The van der Waals surface area contributed by atoms with Crippen LogP contribution in [0.3, 0.4) is 0 Å². The van der Waals surface area contributed by atoms with Crippen molar-refractivity contribution in [2.75, 3.05) is 6.61 Å². The van der Waals surface area contributed by atoms with Gasteiger partial charge in [-0.15, -0.1) is 0 Å². The summed E-state index contributed by atoms with van der Waals surface area (Å²) in [6.45, 7) is 2.14. The first-order valence-corrected chi connectivity index (χ1v) is 6.67. The molecule has 0 unspecified atom stereocenters. The van der Waals surface area contributed by atoms with Crippen molar-refractivity contribution in [1.82, 2.24) is 0 Å². The van der Waals surface area contributed by atoms with Gasteiger partial charge in [0.25, 0.3) is 0 Å². The molecule has 1 N–H and O–H groups in total. The molecule has 0 heterocycles. The highest BCUT2D eigenvalue weighted by molar-refractivity contribution is 6.02. The lowest BCUT2D eigenvalue weighted by Crippen LogP contribution is -2.07. The Morgan fingerprint density at radius 3 is 2.81 bits per heavy atom. The largest absolute Gasteiger partial charge is 0.507 e. The summed E-state index contributed by atoms with van der Waals surface area (Å²) < 4.78 is 4.96. The van der Waals surface area contributed by atoms with Crippen molar-refractivity contribution in [2.24, 2.45) is 0 Å². The van der Waals surface area contributed by atoms with Crippen molar-refractivity contribution < 1.29 is 14.6 Å². The van der Waals surface area contributed by atoms with E-state index < -0.39 is 5.97 Å². The number of nitrogens with zero attached hydrogens (tertiary/aromatic N) is 1. The van der Waals surface area contributed by atoms with Crippen LogP contribution in [0.25, 0.3) is 16.8 Å². The van der Waals surface area contributed by atoms with Gasteiger partial charge < -0.3 is 9.84 Å². The van der Waals surface area contributed by atoms with Crippen molar-refractivity contribution >= 4 is 22.8 Å². The SMILES string of the molecule is CCCOC(=O)/C(C#N)=C/c1c(O)ccc2ccccc12. The second-order valence-electron chi connectivity index (χ2n) is 4.53. The minimum absolute atomic E-state index is 0.0183. The number of nitriles is 1. The summed E-state index contributed by atoms with van der Waals surface area (Å²) in [4.78, 5) is 11.8. The average molecular weight is 281 g/mol. The van der Waals surface area contributed by atoms with Gasteiger partial charge in [0, 0.05) is 5.56 Å². The zero-order valence-corrected chi connectivity index (χ0v) is 11.7. The smallest absolute Gasteiger partial charge is 0.348 e. The number of phenols is 1. The van der Waals surface area contributed by atoms with Gasteiger partial charge in [0.2, 0.25) is 0 Å². The summed E-state index contributed by atoms with van der Waals surface area (Å²) in [6.07, 6.45) is 2.06. The van der Waals surface area contributed by atoms with E-state index in [-0.39, 0.29) is 17.9 Å². The minimum atomic E-state index is -0.674. The van der Waals surface area contributed by atoms with Crippen LogP contribution in [0.5, 0.6) is 5.75 Å². The number of hydrogen-bond acceptors (Lipinski definition) is 4. The quantitative estimate of drug-likeness (QED) is 0.529. The number of ether oxygens (including phenoxy) is 1. The number of esters is 1. The number of benzene rings is 2. The van der Waals surface area contributed by atoms with Crippen molar-refractivity contribution in [3.05, 3.63) is 47.5 Å². The first-order valence-electron chi connectivity index (χ1n) is 6.67.